The van der Waals surface area contributed by atoms with Crippen molar-refractivity contribution in [2.24, 2.45) is 0 Å². The highest BCUT2D eigenvalue weighted by molar-refractivity contribution is 5.48. The molecule has 0 amide bonds. The third-order valence-electron chi connectivity index (χ3n) is 3.06. The highest BCUT2D eigenvalue weighted by Crippen LogP contribution is 2.36. The van der Waals surface area contributed by atoms with Crippen LogP contribution >= 0.6 is 0 Å². The molecular weight excluding hydrogens is 244 g/mol. The van der Waals surface area contributed by atoms with Gasteiger partial charge in [0.2, 0.25) is 0 Å². The predicted octanol–water partition coefficient (Wildman–Crippen LogP) is 2.00. The largest absolute Gasteiger partial charge is 0.493 e. The number of para-hydroxylation sites is 1. The van der Waals surface area contributed by atoms with Crippen LogP contribution in [0.25, 0.3) is 0 Å². The molecule has 0 aliphatic rings. The Hall–Kier alpha value is -2.01. The molecule has 0 fully saturated rings. The van der Waals surface area contributed by atoms with Crippen molar-refractivity contribution in [3.63, 3.8) is 0 Å². The van der Waals surface area contributed by atoms with E-state index >= 15 is 0 Å². The molecule has 0 unspecified atom stereocenters. The molecule has 1 aromatic heterocycles. The van der Waals surface area contributed by atoms with Crippen molar-refractivity contribution >= 4 is 0 Å². The van der Waals surface area contributed by atoms with E-state index < -0.39 is 6.10 Å². The van der Waals surface area contributed by atoms with Crippen molar-refractivity contribution in [1.82, 2.24) is 9.55 Å². The van der Waals surface area contributed by atoms with E-state index in [-0.39, 0.29) is 0 Å². The number of aryl methyl sites for hydroxylation is 1. The Morgan fingerprint density at radius 2 is 2.11 bits per heavy atom. The molecule has 0 saturated heterocycles. The third kappa shape index (κ3) is 2.42. The van der Waals surface area contributed by atoms with Gasteiger partial charge in [0.15, 0.2) is 11.5 Å². The highest BCUT2D eigenvalue weighted by atomic mass is 16.5. The first-order valence-electron chi connectivity index (χ1n) is 6.12. The van der Waals surface area contributed by atoms with Gasteiger partial charge in [0.25, 0.3) is 0 Å². The molecule has 0 radical (unpaired) electrons. The smallest absolute Gasteiger partial charge is 0.166 e. The van der Waals surface area contributed by atoms with E-state index in [0.29, 0.717) is 22.9 Å². The number of aromatic nitrogens is 2. The quantitative estimate of drug-likeness (QED) is 0.895. The van der Waals surface area contributed by atoms with E-state index in [1.807, 2.05) is 23.8 Å². The molecule has 0 aliphatic carbocycles. The van der Waals surface area contributed by atoms with Gasteiger partial charge in [-0.25, -0.2) is 4.98 Å². The van der Waals surface area contributed by atoms with Crippen molar-refractivity contribution in [1.29, 1.82) is 0 Å². The maximum absolute atomic E-state index is 10.5. The van der Waals surface area contributed by atoms with E-state index in [4.69, 9.17) is 9.47 Å². The Labute approximate surface area is 112 Å². The first kappa shape index (κ1) is 13.4. The Balaban J connectivity index is 2.46. The summed E-state index contributed by atoms with van der Waals surface area (Å²) in [6.45, 7) is 2.75. The summed E-state index contributed by atoms with van der Waals surface area (Å²) in [6, 6.07) is 5.42. The van der Waals surface area contributed by atoms with E-state index in [9.17, 15) is 5.11 Å². The van der Waals surface area contributed by atoms with Crippen molar-refractivity contribution in [3.8, 4) is 11.5 Å². The van der Waals surface area contributed by atoms with E-state index in [1.54, 1.807) is 32.5 Å². The van der Waals surface area contributed by atoms with E-state index in [0.717, 1.165) is 6.54 Å². The van der Waals surface area contributed by atoms with Gasteiger partial charge in [0.1, 0.15) is 11.9 Å². The van der Waals surface area contributed by atoms with Gasteiger partial charge in [-0.15, -0.1) is 0 Å². The molecule has 1 atom stereocenters. The zero-order valence-corrected chi connectivity index (χ0v) is 11.3. The van der Waals surface area contributed by atoms with Gasteiger partial charge in [-0.05, 0) is 13.0 Å². The van der Waals surface area contributed by atoms with Gasteiger partial charge >= 0.3 is 0 Å². The summed E-state index contributed by atoms with van der Waals surface area (Å²) in [7, 11) is 3.13. The Kier molecular flexibility index (Phi) is 4.06. The molecule has 1 heterocycles. The molecule has 2 aromatic rings. The number of methoxy groups -OCH3 is 2. The second kappa shape index (κ2) is 5.75. The number of rotatable bonds is 5. The van der Waals surface area contributed by atoms with Crippen LogP contribution in [-0.4, -0.2) is 28.9 Å². The van der Waals surface area contributed by atoms with Crippen LogP contribution in [0, 0.1) is 0 Å². The number of benzene rings is 1. The average Bonchev–Trinajstić information content (AvgIpc) is 2.93. The number of hydrogen-bond donors (Lipinski definition) is 1. The standard InChI is InChI=1S/C14H18N2O3/c1-4-16-9-8-15-14(16)12(17)10-6-5-7-11(18-2)13(10)19-3/h5-9,12,17H,4H2,1-3H3/t12-/m1/s1. The minimum atomic E-state index is -0.847. The number of aliphatic hydroxyl groups is 1. The number of ether oxygens (including phenoxy) is 2. The minimum Gasteiger partial charge on any atom is -0.493 e. The van der Waals surface area contributed by atoms with Crippen molar-refractivity contribution < 1.29 is 14.6 Å². The molecule has 102 valence electrons. The average molecular weight is 262 g/mol. The van der Waals surface area contributed by atoms with Crippen LogP contribution in [0.4, 0.5) is 0 Å². The van der Waals surface area contributed by atoms with Crippen LogP contribution in [0.1, 0.15) is 24.4 Å². The normalized spacial score (nSPS) is 12.2. The summed E-state index contributed by atoms with van der Waals surface area (Å²) in [4.78, 5) is 4.21. The van der Waals surface area contributed by atoms with Crippen molar-refractivity contribution in [2.75, 3.05) is 14.2 Å². The lowest BCUT2D eigenvalue weighted by Crippen LogP contribution is -2.10. The maximum Gasteiger partial charge on any atom is 0.166 e. The number of hydrogen-bond acceptors (Lipinski definition) is 4. The molecule has 0 saturated carbocycles. The lowest BCUT2D eigenvalue weighted by molar-refractivity contribution is 0.198. The summed E-state index contributed by atoms with van der Waals surface area (Å²) in [5.74, 6) is 1.71. The molecule has 1 aromatic carbocycles. The topological polar surface area (TPSA) is 56.5 Å². The van der Waals surface area contributed by atoms with Crippen LogP contribution in [-0.2, 0) is 6.54 Å². The number of imidazole rings is 1. The van der Waals surface area contributed by atoms with Crippen LogP contribution < -0.4 is 9.47 Å². The molecular formula is C14H18N2O3. The van der Waals surface area contributed by atoms with Gasteiger partial charge in [-0.1, -0.05) is 12.1 Å². The zero-order valence-electron chi connectivity index (χ0n) is 11.3. The molecule has 2 rings (SSSR count). The Morgan fingerprint density at radius 1 is 1.32 bits per heavy atom. The van der Waals surface area contributed by atoms with Crippen LogP contribution in [0.3, 0.4) is 0 Å². The third-order valence-corrected chi connectivity index (χ3v) is 3.06. The van der Waals surface area contributed by atoms with Gasteiger partial charge in [-0.3, -0.25) is 0 Å². The highest BCUT2D eigenvalue weighted by Gasteiger charge is 2.21. The summed E-state index contributed by atoms with van der Waals surface area (Å²) in [5, 5.41) is 10.5. The van der Waals surface area contributed by atoms with Crippen LogP contribution in [0.2, 0.25) is 0 Å². The predicted molar refractivity (Wildman–Crippen MR) is 71.5 cm³/mol. The lowest BCUT2D eigenvalue weighted by Gasteiger charge is -2.17. The van der Waals surface area contributed by atoms with E-state index in [2.05, 4.69) is 4.98 Å². The first-order valence-corrected chi connectivity index (χ1v) is 6.12. The van der Waals surface area contributed by atoms with Crippen LogP contribution in [0.5, 0.6) is 11.5 Å². The second-order valence-corrected chi connectivity index (χ2v) is 4.06. The minimum absolute atomic E-state index is 0.531. The molecule has 5 heteroatoms. The van der Waals surface area contributed by atoms with Crippen molar-refractivity contribution in [2.45, 2.75) is 19.6 Å². The summed E-state index contributed by atoms with van der Waals surface area (Å²) >= 11 is 0. The number of aliphatic hydroxyl groups excluding tert-OH is 1. The molecule has 5 nitrogen and oxygen atoms in total. The summed E-state index contributed by atoms with van der Waals surface area (Å²) in [5.41, 5.74) is 0.641. The Bertz CT molecular complexity index is 551. The van der Waals surface area contributed by atoms with Gasteiger partial charge in [0, 0.05) is 24.5 Å². The fourth-order valence-electron chi connectivity index (χ4n) is 2.10. The van der Waals surface area contributed by atoms with Gasteiger partial charge in [0.05, 0.1) is 14.2 Å². The summed E-state index contributed by atoms with van der Waals surface area (Å²) in [6.07, 6.45) is 2.67. The second-order valence-electron chi connectivity index (χ2n) is 4.06. The SMILES string of the molecule is CCn1ccnc1[C@H](O)c1cccc(OC)c1OC. The molecule has 1 N–H and O–H groups in total. The fourth-order valence-corrected chi connectivity index (χ4v) is 2.10. The zero-order chi connectivity index (χ0) is 13.8. The van der Waals surface area contributed by atoms with Crippen LogP contribution in [0.15, 0.2) is 30.6 Å². The fraction of sp³-hybridized carbons (Fsp3) is 0.357. The first-order chi connectivity index (χ1) is 9.22. The monoisotopic (exact) mass is 262 g/mol. The molecule has 0 aliphatic heterocycles. The van der Waals surface area contributed by atoms with E-state index in [1.165, 1.54) is 0 Å². The Morgan fingerprint density at radius 3 is 2.74 bits per heavy atom. The summed E-state index contributed by atoms with van der Waals surface area (Å²) < 4.78 is 12.5. The number of nitrogens with zero attached hydrogens (tertiary/aromatic N) is 2. The molecule has 0 bridgehead atoms. The molecule has 19 heavy (non-hydrogen) atoms. The van der Waals surface area contributed by atoms with Gasteiger partial charge < -0.3 is 19.1 Å². The maximum atomic E-state index is 10.5. The molecule has 0 spiro atoms. The van der Waals surface area contributed by atoms with Crippen molar-refractivity contribution in [3.05, 3.63) is 42.0 Å². The lowest BCUT2D eigenvalue weighted by atomic mass is 10.1. The van der Waals surface area contributed by atoms with Gasteiger partial charge in [-0.2, -0.15) is 0 Å².